The van der Waals surface area contributed by atoms with Crippen molar-refractivity contribution in [2.24, 2.45) is 0 Å². The third-order valence-electron chi connectivity index (χ3n) is 2.70. The molecular weight excluding hydrogens is 274 g/mol. The molecule has 2 rings (SSSR count). The fourth-order valence-electron chi connectivity index (χ4n) is 1.80. The van der Waals surface area contributed by atoms with Gasteiger partial charge < -0.3 is 10.6 Å². The van der Waals surface area contributed by atoms with Crippen LogP contribution in [-0.2, 0) is 11.2 Å². The third-order valence-corrected chi connectivity index (χ3v) is 2.93. The monoisotopic (exact) mass is 289 g/mol. The molecule has 0 aliphatic carbocycles. The van der Waals surface area contributed by atoms with Crippen LogP contribution in [0, 0.1) is 0 Å². The number of aromatic nitrogens is 1. The van der Waals surface area contributed by atoms with Crippen molar-refractivity contribution in [3.05, 3.63) is 53.2 Å². The summed E-state index contributed by atoms with van der Waals surface area (Å²) < 4.78 is 0. The maximum absolute atomic E-state index is 10.9. The van der Waals surface area contributed by atoms with Crippen LogP contribution in [0.25, 0.3) is 0 Å². The molecule has 0 aliphatic rings. The van der Waals surface area contributed by atoms with Gasteiger partial charge in [0.25, 0.3) is 0 Å². The largest absolute Gasteiger partial charge is 0.383 e. The number of amides is 1. The Hall–Kier alpha value is -2.07. The van der Waals surface area contributed by atoms with E-state index in [2.05, 4.69) is 15.6 Å². The van der Waals surface area contributed by atoms with Crippen LogP contribution < -0.4 is 10.6 Å². The van der Waals surface area contributed by atoms with Crippen LogP contribution in [-0.4, -0.2) is 17.4 Å². The number of benzene rings is 1. The summed E-state index contributed by atoms with van der Waals surface area (Å²) in [6.45, 7) is 2.25. The van der Waals surface area contributed by atoms with E-state index in [0.29, 0.717) is 5.82 Å². The van der Waals surface area contributed by atoms with Crippen molar-refractivity contribution in [2.75, 3.05) is 17.2 Å². The molecule has 0 radical (unpaired) electrons. The van der Waals surface area contributed by atoms with Crippen LogP contribution >= 0.6 is 11.6 Å². The summed E-state index contributed by atoms with van der Waals surface area (Å²) >= 11 is 5.93. The normalized spacial score (nSPS) is 10.1. The molecule has 104 valence electrons. The number of carbonyl (C=O) groups is 1. The quantitative estimate of drug-likeness (QED) is 0.887. The molecule has 0 unspecified atom stereocenters. The van der Waals surface area contributed by atoms with Crippen LogP contribution in [0.5, 0.6) is 0 Å². The van der Waals surface area contributed by atoms with Crippen molar-refractivity contribution in [2.45, 2.75) is 13.3 Å². The van der Waals surface area contributed by atoms with E-state index in [0.717, 1.165) is 23.7 Å². The van der Waals surface area contributed by atoms with Crippen molar-refractivity contribution in [3.8, 4) is 0 Å². The zero-order valence-corrected chi connectivity index (χ0v) is 11.9. The van der Waals surface area contributed by atoms with Gasteiger partial charge in [0.15, 0.2) is 0 Å². The van der Waals surface area contributed by atoms with Gasteiger partial charge in [0.05, 0.1) is 11.9 Å². The Morgan fingerprint density at radius 1 is 1.30 bits per heavy atom. The molecule has 0 aliphatic heterocycles. The molecule has 0 saturated heterocycles. The highest BCUT2D eigenvalue weighted by atomic mass is 35.5. The van der Waals surface area contributed by atoms with Gasteiger partial charge in [-0.1, -0.05) is 23.7 Å². The molecule has 2 N–H and O–H groups in total. The fraction of sp³-hybridized carbons (Fsp3) is 0.200. The minimum Gasteiger partial charge on any atom is -0.383 e. The fourth-order valence-corrected chi connectivity index (χ4v) is 2.01. The lowest BCUT2D eigenvalue weighted by Gasteiger charge is -2.07. The molecule has 0 fully saturated rings. The Bertz CT molecular complexity index is 584. The lowest BCUT2D eigenvalue weighted by atomic mass is 10.1. The van der Waals surface area contributed by atoms with E-state index in [1.165, 1.54) is 12.5 Å². The lowest BCUT2D eigenvalue weighted by Crippen LogP contribution is -2.08. The Labute approximate surface area is 123 Å². The van der Waals surface area contributed by atoms with Crippen LogP contribution in [0.2, 0.25) is 5.02 Å². The maximum atomic E-state index is 10.9. The Balaban J connectivity index is 1.83. The van der Waals surface area contributed by atoms with E-state index in [9.17, 15) is 4.79 Å². The first kappa shape index (κ1) is 14.3. The molecule has 0 spiro atoms. The zero-order chi connectivity index (χ0) is 14.4. The summed E-state index contributed by atoms with van der Waals surface area (Å²) in [5.41, 5.74) is 2.11. The number of carbonyl (C=O) groups excluding carboxylic acids is 1. The van der Waals surface area contributed by atoms with Gasteiger partial charge in [-0.25, -0.2) is 4.98 Å². The van der Waals surface area contributed by atoms with Crippen molar-refractivity contribution in [1.82, 2.24) is 4.98 Å². The summed E-state index contributed by atoms with van der Waals surface area (Å²) in [7, 11) is 0. The van der Waals surface area contributed by atoms with E-state index in [-0.39, 0.29) is 5.91 Å². The molecule has 0 bridgehead atoms. The van der Waals surface area contributed by atoms with Gasteiger partial charge in [-0.3, -0.25) is 4.79 Å². The predicted molar refractivity (Wildman–Crippen MR) is 82.2 cm³/mol. The van der Waals surface area contributed by atoms with E-state index in [1.807, 2.05) is 30.3 Å². The average molecular weight is 290 g/mol. The van der Waals surface area contributed by atoms with Gasteiger partial charge in [0.1, 0.15) is 5.82 Å². The number of anilines is 2. The van der Waals surface area contributed by atoms with Crippen molar-refractivity contribution < 1.29 is 4.79 Å². The van der Waals surface area contributed by atoms with E-state index < -0.39 is 0 Å². The van der Waals surface area contributed by atoms with Crippen LogP contribution in [0.1, 0.15) is 12.5 Å². The molecule has 1 aromatic heterocycles. The summed E-state index contributed by atoms with van der Waals surface area (Å²) in [6.07, 6.45) is 2.58. The Morgan fingerprint density at radius 2 is 2.15 bits per heavy atom. The van der Waals surface area contributed by atoms with E-state index in [4.69, 9.17) is 11.6 Å². The van der Waals surface area contributed by atoms with Crippen LogP contribution in [0.15, 0.2) is 42.6 Å². The van der Waals surface area contributed by atoms with Gasteiger partial charge in [-0.15, -0.1) is 0 Å². The maximum Gasteiger partial charge on any atom is 0.222 e. The SMILES string of the molecule is CC(=O)Nc1ccc(NCCc2cccc(Cl)c2)cn1. The number of hydrogen-bond donors (Lipinski definition) is 2. The smallest absolute Gasteiger partial charge is 0.222 e. The molecule has 4 nitrogen and oxygen atoms in total. The Kier molecular flexibility index (Phi) is 4.96. The number of nitrogens with zero attached hydrogens (tertiary/aromatic N) is 1. The molecule has 1 heterocycles. The molecule has 1 aromatic carbocycles. The highest BCUT2D eigenvalue weighted by molar-refractivity contribution is 6.30. The predicted octanol–water partition coefficient (Wildman–Crippen LogP) is 3.35. The topological polar surface area (TPSA) is 54.0 Å². The van der Waals surface area contributed by atoms with Gasteiger partial charge >= 0.3 is 0 Å². The molecule has 2 aromatic rings. The highest BCUT2D eigenvalue weighted by Crippen LogP contribution is 2.12. The summed E-state index contributed by atoms with van der Waals surface area (Å²) in [4.78, 5) is 15.0. The second-order valence-corrected chi connectivity index (χ2v) is 4.86. The summed E-state index contributed by atoms with van der Waals surface area (Å²) in [5, 5.41) is 6.66. The molecule has 5 heteroatoms. The van der Waals surface area contributed by atoms with Crippen LogP contribution in [0.3, 0.4) is 0 Å². The number of pyridine rings is 1. The van der Waals surface area contributed by atoms with Crippen molar-refractivity contribution >= 4 is 29.0 Å². The minimum atomic E-state index is -0.126. The van der Waals surface area contributed by atoms with Gasteiger partial charge in [-0.2, -0.15) is 0 Å². The molecule has 0 atom stereocenters. The second-order valence-electron chi connectivity index (χ2n) is 4.42. The number of rotatable bonds is 5. The van der Waals surface area contributed by atoms with Gasteiger partial charge in [0, 0.05) is 18.5 Å². The molecule has 1 amide bonds. The van der Waals surface area contributed by atoms with Crippen molar-refractivity contribution in [1.29, 1.82) is 0 Å². The minimum absolute atomic E-state index is 0.126. The second kappa shape index (κ2) is 6.91. The number of halogens is 1. The first-order chi connectivity index (χ1) is 9.63. The van der Waals surface area contributed by atoms with E-state index in [1.54, 1.807) is 12.3 Å². The summed E-state index contributed by atoms with van der Waals surface area (Å²) in [5.74, 6) is 0.428. The average Bonchev–Trinajstić information content (AvgIpc) is 2.40. The molecular formula is C15H16ClN3O. The highest BCUT2D eigenvalue weighted by Gasteiger charge is 1.98. The number of nitrogens with one attached hydrogen (secondary N) is 2. The first-order valence-electron chi connectivity index (χ1n) is 6.35. The Morgan fingerprint density at radius 3 is 2.80 bits per heavy atom. The van der Waals surface area contributed by atoms with Crippen LogP contribution in [0.4, 0.5) is 11.5 Å². The summed E-state index contributed by atoms with van der Waals surface area (Å²) in [6, 6.07) is 11.5. The molecule has 20 heavy (non-hydrogen) atoms. The van der Waals surface area contributed by atoms with Gasteiger partial charge in [0.2, 0.25) is 5.91 Å². The molecule has 0 saturated carbocycles. The first-order valence-corrected chi connectivity index (χ1v) is 6.73. The standard InChI is InChI=1S/C15H16ClN3O/c1-11(20)19-15-6-5-14(10-18-15)17-8-7-12-3-2-4-13(16)9-12/h2-6,9-10,17H,7-8H2,1H3,(H,18,19,20). The lowest BCUT2D eigenvalue weighted by molar-refractivity contribution is -0.114. The number of hydrogen-bond acceptors (Lipinski definition) is 3. The third kappa shape index (κ3) is 4.55. The van der Waals surface area contributed by atoms with Crippen molar-refractivity contribution in [3.63, 3.8) is 0 Å². The van der Waals surface area contributed by atoms with Gasteiger partial charge in [-0.05, 0) is 36.2 Å². The van der Waals surface area contributed by atoms with E-state index >= 15 is 0 Å². The zero-order valence-electron chi connectivity index (χ0n) is 11.2.